The van der Waals surface area contributed by atoms with Gasteiger partial charge in [-0.3, -0.25) is 4.79 Å². The van der Waals surface area contributed by atoms with E-state index in [1.54, 1.807) is 0 Å². The van der Waals surface area contributed by atoms with Crippen LogP contribution in [0.5, 0.6) is 0 Å². The van der Waals surface area contributed by atoms with Gasteiger partial charge in [-0.05, 0) is 13.8 Å². The second kappa shape index (κ2) is 6.13. The van der Waals surface area contributed by atoms with Crippen LogP contribution >= 0.6 is 0 Å². The zero-order valence-corrected chi connectivity index (χ0v) is 8.90. The zero-order valence-electron chi connectivity index (χ0n) is 8.90. The monoisotopic (exact) mass is 213 g/mol. The normalized spacial score (nSPS) is 10.6. The lowest BCUT2D eigenvalue weighted by molar-refractivity contribution is -0.146. The maximum absolute atomic E-state index is 11.1. The molecule has 1 aromatic rings. The van der Waals surface area contributed by atoms with E-state index in [1.165, 1.54) is 6.39 Å². The van der Waals surface area contributed by atoms with Crippen molar-refractivity contribution >= 4 is 5.97 Å². The second-order valence-electron chi connectivity index (χ2n) is 3.31. The van der Waals surface area contributed by atoms with E-state index in [9.17, 15) is 4.79 Å². The van der Waals surface area contributed by atoms with Gasteiger partial charge < -0.3 is 14.6 Å². The molecule has 84 valence electrons. The van der Waals surface area contributed by atoms with E-state index in [0.29, 0.717) is 18.8 Å². The number of nitrogens with zero attached hydrogens (tertiary/aromatic N) is 2. The molecule has 1 aromatic heterocycles. The lowest BCUT2D eigenvalue weighted by Gasteiger charge is -2.07. The van der Waals surface area contributed by atoms with Crippen LogP contribution < -0.4 is 5.32 Å². The summed E-state index contributed by atoms with van der Waals surface area (Å²) < 4.78 is 9.50. The minimum absolute atomic E-state index is 0.0727. The van der Waals surface area contributed by atoms with Gasteiger partial charge in [-0.1, -0.05) is 5.16 Å². The van der Waals surface area contributed by atoms with Crippen molar-refractivity contribution < 1.29 is 14.1 Å². The number of ether oxygens (including phenoxy) is 1. The minimum Gasteiger partial charge on any atom is -0.462 e. The van der Waals surface area contributed by atoms with Crippen molar-refractivity contribution in [2.75, 3.05) is 13.1 Å². The Morgan fingerprint density at radius 1 is 1.67 bits per heavy atom. The Morgan fingerprint density at radius 2 is 2.47 bits per heavy atom. The molecule has 6 heteroatoms. The third-order valence-electron chi connectivity index (χ3n) is 1.57. The van der Waals surface area contributed by atoms with Crippen molar-refractivity contribution in [3.63, 3.8) is 0 Å². The Hall–Kier alpha value is -1.43. The highest BCUT2D eigenvalue weighted by Gasteiger charge is 2.04. The molecule has 0 saturated carbocycles. The van der Waals surface area contributed by atoms with Crippen LogP contribution in [0.15, 0.2) is 10.9 Å². The molecular weight excluding hydrogens is 198 g/mol. The largest absolute Gasteiger partial charge is 0.462 e. The van der Waals surface area contributed by atoms with Gasteiger partial charge in [-0.2, -0.15) is 4.98 Å². The third kappa shape index (κ3) is 5.11. The van der Waals surface area contributed by atoms with Crippen LogP contribution in [0.3, 0.4) is 0 Å². The molecule has 0 fully saturated rings. The Balaban J connectivity index is 2.04. The van der Waals surface area contributed by atoms with Gasteiger partial charge in [0.2, 0.25) is 6.39 Å². The van der Waals surface area contributed by atoms with Gasteiger partial charge in [0.25, 0.3) is 0 Å². The Bertz CT molecular complexity index is 285. The molecule has 1 rings (SSSR count). The highest BCUT2D eigenvalue weighted by molar-refractivity contribution is 5.71. The van der Waals surface area contributed by atoms with Crippen molar-refractivity contribution in [1.29, 1.82) is 0 Å². The van der Waals surface area contributed by atoms with E-state index in [0.717, 1.165) is 0 Å². The summed E-state index contributed by atoms with van der Waals surface area (Å²) in [5.74, 6) is 0.373. The molecule has 1 heterocycles. The molecule has 0 unspecified atom stereocenters. The molecule has 0 bridgehead atoms. The van der Waals surface area contributed by atoms with Gasteiger partial charge in [0.15, 0.2) is 5.82 Å². The summed E-state index contributed by atoms with van der Waals surface area (Å²) in [6.45, 7) is 4.46. The number of nitrogens with one attached hydrogen (secondary N) is 1. The number of hydrogen-bond acceptors (Lipinski definition) is 6. The Kier molecular flexibility index (Phi) is 4.76. The molecule has 15 heavy (non-hydrogen) atoms. The maximum atomic E-state index is 11.1. The van der Waals surface area contributed by atoms with E-state index >= 15 is 0 Å². The van der Waals surface area contributed by atoms with Crippen molar-refractivity contribution in [3.05, 3.63) is 12.2 Å². The van der Waals surface area contributed by atoms with Crippen molar-refractivity contribution in [3.8, 4) is 0 Å². The van der Waals surface area contributed by atoms with Crippen molar-refractivity contribution in [2.45, 2.75) is 26.4 Å². The molecule has 0 radical (unpaired) electrons. The highest BCUT2D eigenvalue weighted by Crippen LogP contribution is 1.89. The summed E-state index contributed by atoms with van der Waals surface area (Å²) in [6.07, 6.45) is 1.84. The molecule has 0 amide bonds. The van der Waals surface area contributed by atoms with Crippen LogP contribution in [0.25, 0.3) is 0 Å². The summed E-state index contributed by atoms with van der Waals surface area (Å²) in [4.78, 5) is 14.9. The van der Waals surface area contributed by atoms with Crippen LogP contribution in [-0.4, -0.2) is 35.3 Å². The van der Waals surface area contributed by atoms with Crippen molar-refractivity contribution in [1.82, 2.24) is 15.5 Å². The molecule has 0 spiro atoms. The fourth-order valence-corrected chi connectivity index (χ4v) is 0.998. The number of carbonyl (C=O) groups excluding carboxylic acids is 1. The Morgan fingerprint density at radius 3 is 3.07 bits per heavy atom. The second-order valence-corrected chi connectivity index (χ2v) is 3.31. The maximum Gasteiger partial charge on any atom is 0.320 e. The van der Waals surface area contributed by atoms with Crippen LogP contribution in [0.4, 0.5) is 0 Å². The molecule has 0 atom stereocenters. The van der Waals surface area contributed by atoms with Crippen LogP contribution in [0.2, 0.25) is 0 Å². The van der Waals surface area contributed by atoms with Gasteiger partial charge in [-0.25, -0.2) is 0 Å². The molecule has 0 aliphatic carbocycles. The lowest BCUT2D eigenvalue weighted by Crippen LogP contribution is -2.28. The van der Waals surface area contributed by atoms with Gasteiger partial charge >= 0.3 is 5.97 Å². The van der Waals surface area contributed by atoms with Gasteiger partial charge in [0, 0.05) is 13.0 Å². The smallest absolute Gasteiger partial charge is 0.320 e. The number of aromatic nitrogens is 2. The van der Waals surface area contributed by atoms with E-state index in [4.69, 9.17) is 4.74 Å². The van der Waals surface area contributed by atoms with E-state index in [2.05, 4.69) is 20.0 Å². The summed E-state index contributed by atoms with van der Waals surface area (Å²) in [5.41, 5.74) is 0. The predicted octanol–water partition coefficient (Wildman–Crippen LogP) is 0.153. The average Bonchev–Trinajstić information content (AvgIpc) is 2.63. The first-order valence-corrected chi connectivity index (χ1v) is 4.84. The lowest BCUT2D eigenvalue weighted by atomic mass is 10.4. The first-order valence-electron chi connectivity index (χ1n) is 4.84. The molecule has 6 nitrogen and oxygen atoms in total. The number of hydrogen-bond donors (Lipinski definition) is 1. The average molecular weight is 213 g/mol. The van der Waals surface area contributed by atoms with E-state index in [-0.39, 0.29) is 18.6 Å². The zero-order chi connectivity index (χ0) is 11.1. The molecular formula is C9H15N3O3. The van der Waals surface area contributed by atoms with Gasteiger partial charge in [0.05, 0.1) is 12.6 Å². The van der Waals surface area contributed by atoms with Gasteiger partial charge in [-0.15, -0.1) is 0 Å². The van der Waals surface area contributed by atoms with Crippen LogP contribution in [-0.2, 0) is 16.0 Å². The predicted molar refractivity (Wildman–Crippen MR) is 52.1 cm³/mol. The molecule has 0 aliphatic rings. The van der Waals surface area contributed by atoms with Crippen LogP contribution in [0, 0.1) is 0 Å². The first kappa shape index (κ1) is 11.6. The first-order chi connectivity index (χ1) is 7.18. The molecule has 0 aliphatic heterocycles. The Labute approximate surface area is 88.0 Å². The molecule has 0 saturated heterocycles. The summed E-state index contributed by atoms with van der Waals surface area (Å²) in [6, 6.07) is 0. The number of carbonyl (C=O) groups is 1. The third-order valence-corrected chi connectivity index (χ3v) is 1.57. The quantitative estimate of drug-likeness (QED) is 0.535. The fourth-order valence-electron chi connectivity index (χ4n) is 0.998. The summed E-state index contributed by atoms with van der Waals surface area (Å²) in [5, 5.41) is 6.57. The van der Waals surface area contributed by atoms with E-state index in [1.807, 2.05) is 13.8 Å². The SMILES string of the molecule is CC(C)OC(=O)CNCCc1ncon1. The number of esters is 1. The minimum atomic E-state index is -0.252. The fraction of sp³-hybridized carbons (Fsp3) is 0.667. The highest BCUT2D eigenvalue weighted by atomic mass is 16.5. The topological polar surface area (TPSA) is 77.2 Å². The summed E-state index contributed by atoms with van der Waals surface area (Å²) >= 11 is 0. The molecule has 0 aromatic carbocycles. The molecule has 1 N–H and O–H groups in total. The van der Waals surface area contributed by atoms with E-state index < -0.39 is 0 Å². The van der Waals surface area contributed by atoms with Crippen LogP contribution in [0.1, 0.15) is 19.7 Å². The summed E-state index contributed by atoms with van der Waals surface area (Å²) in [7, 11) is 0. The van der Waals surface area contributed by atoms with Gasteiger partial charge in [0.1, 0.15) is 0 Å². The van der Waals surface area contributed by atoms with Crippen molar-refractivity contribution in [2.24, 2.45) is 0 Å². The standard InChI is InChI=1S/C9H15N3O3/c1-7(2)15-9(13)5-10-4-3-8-11-6-14-12-8/h6-7,10H,3-5H2,1-2H3. The number of rotatable bonds is 6.